The van der Waals surface area contributed by atoms with E-state index in [9.17, 15) is 24.5 Å². The van der Waals surface area contributed by atoms with Crippen molar-refractivity contribution in [3.8, 4) is 0 Å². The molecule has 1 aromatic heterocycles. The summed E-state index contributed by atoms with van der Waals surface area (Å²) in [6.45, 7) is 1.26. The fourth-order valence-electron chi connectivity index (χ4n) is 3.12. The molecule has 0 saturated heterocycles. The van der Waals surface area contributed by atoms with E-state index in [2.05, 4.69) is 5.32 Å². The first kappa shape index (κ1) is 21.2. The van der Waals surface area contributed by atoms with E-state index in [1.807, 2.05) is 0 Å². The van der Waals surface area contributed by atoms with Gasteiger partial charge < -0.3 is 20.5 Å². The van der Waals surface area contributed by atoms with Crippen LogP contribution in [0.15, 0.2) is 18.2 Å². The Hall–Kier alpha value is -3.47. The molecule has 0 spiro atoms. The number of nitrogens with one attached hydrogen (secondary N) is 1. The molecule has 1 aliphatic carbocycles. The summed E-state index contributed by atoms with van der Waals surface area (Å²) >= 11 is 1.30. The van der Waals surface area contributed by atoms with Crippen molar-refractivity contribution >= 4 is 45.6 Å². The number of non-ortho nitro benzene ring substituents is 1. The Morgan fingerprint density at radius 3 is 2.70 bits per heavy atom. The first-order valence-electron chi connectivity index (χ1n) is 9.14. The van der Waals surface area contributed by atoms with Gasteiger partial charge in [-0.25, -0.2) is 9.59 Å². The zero-order chi connectivity index (χ0) is 21.8. The number of nitro benzene ring substituents is 1. The van der Waals surface area contributed by atoms with Gasteiger partial charge in [-0.05, 0) is 37.8 Å². The number of nitrogens with zero attached hydrogens (tertiary/aromatic N) is 1. The second-order valence-electron chi connectivity index (χ2n) is 6.43. The van der Waals surface area contributed by atoms with E-state index >= 15 is 0 Å². The summed E-state index contributed by atoms with van der Waals surface area (Å²) in [6, 6.07) is 3.36. The maximum atomic E-state index is 12.3. The monoisotopic (exact) mass is 433 g/mol. The Labute approximate surface area is 175 Å². The largest absolute Gasteiger partial charge is 0.462 e. The number of amides is 1. The molecule has 158 valence electrons. The molecule has 0 bridgehead atoms. The fraction of sp³-hybridized carbons (Fsp3) is 0.316. The highest BCUT2D eigenvalue weighted by atomic mass is 32.1. The Morgan fingerprint density at radius 2 is 2.00 bits per heavy atom. The van der Waals surface area contributed by atoms with Crippen molar-refractivity contribution in [1.82, 2.24) is 0 Å². The SMILES string of the molecule is CCOC(=O)c1c(NC(=O)COC(=O)c2cc([N+](=O)[O-])ccc2N)sc2c1CCC2. The van der Waals surface area contributed by atoms with Gasteiger partial charge in [0.1, 0.15) is 5.00 Å². The number of esters is 2. The molecule has 0 radical (unpaired) electrons. The van der Waals surface area contributed by atoms with E-state index in [1.54, 1.807) is 6.92 Å². The van der Waals surface area contributed by atoms with Crippen molar-refractivity contribution in [1.29, 1.82) is 0 Å². The molecule has 0 saturated carbocycles. The predicted octanol–water partition coefficient (Wildman–Crippen LogP) is 2.70. The summed E-state index contributed by atoms with van der Waals surface area (Å²) in [5.41, 5.74) is 6.35. The van der Waals surface area contributed by atoms with Gasteiger partial charge in [0.2, 0.25) is 0 Å². The Kier molecular flexibility index (Phi) is 6.31. The molecule has 30 heavy (non-hydrogen) atoms. The molecule has 1 heterocycles. The lowest BCUT2D eigenvalue weighted by molar-refractivity contribution is -0.384. The fourth-order valence-corrected chi connectivity index (χ4v) is 4.41. The van der Waals surface area contributed by atoms with Crippen LogP contribution in [0, 0.1) is 10.1 Å². The number of benzene rings is 1. The summed E-state index contributed by atoms with van der Waals surface area (Å²) in [7, 11) is 0. The third kappa shape index (κ3) is 4.40. The number of carbonyl (C=O) groups excluding carboxylic acids is 3. The molecule has 10 nitrogen and oxygen atoms in total. The van der Waals surface area contributed by atoms with Crippen molar-refractivity contribution in [3.63, 3.8) is 0 Å². The third-order valence-corrected chi connectivity index (χ3v) is 5.66. The number of nitrogens with two attached hydrogens (primary N) is 1. The van der Waals surface area contributed by atoms with Crippen molar-refractivity contribution in [2.24, 2.45) is 0 Å². The minimum Gasteiger partial charge on any atom is -0.462 e. The van der Waals surface area contributed by atoms with Gasteiger partial charge in [0.25, 0.3) is 11.6 Å². The second-order valence-corrected chi connectivity index (χ2v) is 7.54. The molecule has 1 amide bonds. The average molecular weight is 433 g/mol. The first-order chi connectivity index (χ1) is 14.3. The standard InChI is InChI=1S/C19H19N3O7S/c1-2-28-19(25)16-11-4-3-5-14(11)30-17(16)21-15(23)9-29-18(24)12-8-10(22(26)27)6-7-13(12)20/h6-8H,2-5,9,20H2,1H3,(H,21,23). The quantitative estimate of drug-likeness (QED) is 0.293. The number of anilines is 2. The number of fused-ring (bicyclic) bond motifs is 1. The number of thiophene rings is 1. The van der Waals surface area contributed by atoms with Gasteiger partial charge in [0.05, 0.1) is 22.7 Å². The smallest absolute Gasteiger partial charge is 0.341 e. The molecule has 3 N–H and O–H groups in total. The van der Waals surface area contributed by atoms with Gasteiger partial charge in [-0.1, -0.05) is 0 Å². The molecule has 1 aromatic carbocycles. The molecule has 0 aliphatic heterocycles. The van der Waals surface area contributed by atoms with E-state index in [4.69, 9.17) is 15.2 Å². The van der Waals surface area contributed by atoms with Crippen LogP contribution in [0.4, 0.5) is 16.4 Å². The minimum atomic E-state index is -0.967. The number of aryl methyl sites for hydroxylation is 1. The number of hydrogen-bond donors (Lipinski definition) is 2. The topological polar surface area (TPSA) is 151 Å². The van der Waals surface area contributed by atoms with Crippen LogP contribution in [0.3, 0.4) is 0 Å². The van der Waals surface area contributed by atoms with Crippen LogP contribution in [0.25, 0.3) is 0 Å². The highest BCUT2D eigenvalue weighted by Crippen LogP contribution is 2.39. The normalized spacial score (nSPS) is 12.2. The van der Waals surface area contributed by atoms with Gasteiger partial charge in [0, 0.05) is 22.7 Å². The molecule has 1 aliphatic rings. The Balaban J connectivity index is 1.69. The van der Waals surface area contributed by atoms with Crippen LogP contribution in [-0.2, 0) is 27.1 Å². The number of ether oxygens (including phenoxy) is 2. The highest BCUT2D eigenvalue weighted by Gasteiger charge is 2.28. The molecule has 0 fully saturated rings. The van der Waals surface area contributed by atoms with Crippen LogP contribution in [-0.4, -0.2) is 36.0 Å². The lowest BCUT2D eigenvalue weighted by atomic mass is 10.1. The predicted molar refractivity (Wildman–Crippen MR) is 109 cm³/mol. The molecular formula is C19H19N3O7S. The zero-order valence-electron chi connectivity index (χ0n) is 16.1. The lowest BCUT2D eigenvalue weighted by Crippen LogP contribution is -2.22. The molecule has 3 rings (SSSR count). The van der Waals surface area contributed by atoms with Crippen LogP contribution < -0.4 is 11.1 Å². The van der Waals surface area contributed by atoms with Gasteiger partial charge in [-0.3, -0.25) is 14.9 Å². The van der Waals surface area contributed by atoms with Gasteiger partial charge in [-0.2, -0.15) is 0 Å². The van der Waals surface area contributed by atoms with Crippen molar-refractivity contribution in [2.75, 3.05) is 24.3 Å². The molecule has 0 atom stereocenters. The summed E-state index contributed by atoms with van der Waals surface area (Å²) in [5, 5.41) is 13.8. The minimum absolute atomic E-state index is 0.00899. The molecule has 2 aromatic rings. The van der Waals surface area contributed by atoms with Gasteiger partial charge in [0.15, 0.2) is 6.61 Å². The summed E-state index contributed by atoms with van der Waals surface area (Å²) in [6.07, 6.45) is 2.49. The zero-order valence-corrected chi connectivity index (χ0v) is 16.9. The highest BCUT2D eigenvalue weighted by molar-refractivity contribution is 7.17. The third-order valence-electron chi connectivity index (χ3n) is 4.46. The lowest BCUT2D eigenvalue weighted by Gasteiger charge is -2.09. The number of rotatable bonds is 7. The molecular weight excluding hydrogens is 414 g/mol. The summed E-state index contributed by atoms with van der Waals surface area (Å²) < 4.78 is 10.0. The number of hydrogen-bond acceptors (Lipinski definition) is 9. The average Bonchev–Trinajstić information content (AvgIpc) is 3.27. The Bertz CT molecular complexity index is 1030. The van der Waals surface area contributed by atoms with E-state index in [-0.39, 0.29) is 23.5 Å². The van der Waals surface area contributed by atoms with Crippen LogP contribution >= 0.6 is 11.3 Å². The second kappa shape index (κ2) is 8.91. The van der Waals surface area contributed by atoms with E-state index in [0.29, 0.717) is 10.6 Å². The van der Waals surface area contributed by atoms with Crippen LogP contribution in [0.2, 0.25) is 0 Å². The number of carbonyl (C=O) groups is 3. The Morgan fingerprint density at radius 1 is 1.23 bits per heavy atom. The molecule has 11 heteroatoms. The van der Waals surface area contributed by atoms with Crippen LogP contribution in [0.1, 0.15) is 44.5 Å². The van der Waals surface area contributed by atoms with Crippen LogP contribution in [0.5, 0.6) is 0 Å². The number of nitro groups is 1. The van der Waals surface area contributed by atoms with Crippen molar-refractivity contribution in [2.45, 2.75) is 26.2 Å². The van der Waals surface area contributed by atoms with Gasteiger partial charge in [-0.15, -0.1) is 11.3 Å². The summed E-state index contributed by atoms with van der Waals surface area (Å²) in [5.74, 6) is -2.13. The maximum Gasteiger partial charge on any atom is 0.341 e. The van der Waals surface area contributed by atoms with Crippen molar-refractivity contribution < 1.29 is 28.8 Å². The van der Waals surface area contributed by atoms with E-state index in [0.717, 1.165) is 41.8 Å². The maximum absolute atomic E-state index is 12.3. The van der Waals surface area contributed by atoms with Crippen molar-refractivity contribution in [3.05, 3.63) is 49.9 Å². The molecule has 0 unspecified atom stereocenters. The van der Waals surface area contributed by atoms with E-state index < -0.39 is 29.4 Å². The van der Waals surface area contributed by atoms with Gasteiger partial charge >= 0.3 is 11.9 Å². The first-order valence-corrected chi connectivity index (χ1v) is 9.96. The summed E-state index contributed by atoms with van der Waals surface area (Å²) in [4.78, 5) is 48.0. The number of nitrogen functional groups attached to an aromatic ring is 1. The van der Waals surface area contributed by atoms with E-state index in [1.165, 1.54) is 17.4 Å².